The molecule has 0 unspecified atom stereocenters. The zero-order valence-electron chi connectivity index (χ0n) is 51.8. The van der Waals surface area contributed by atoms with E-state index in [9.17, 15) is 31.2 Å². The van der Waals surface area contributed by atoms with Gasteiger partial charge in [-0.25, -0.2) is 26.3 Å². The molecule has 2 aliphatic rings. The number of nitrogens with two attached hydrogens (primary N) is 1. The summed E-state index contributed by atoms with van der Waals surface area (Å²) in [4.78, 5) is 43.0. The highest BCUT2D eigenvalue weighted by Gasteiger charge is 2.31. The van der Waals surface area contributed by atoms with Crippen LogP contribution >= 0.6 is 46.4 Å². The Bertz CT molecular complexity index is 2990. The molecule has 29 heteroatoms. The van der Waals surface area contributed by atoms with E-state index in [1.807, 2.05) is 38.4 Å². The number of hydrogen-bond donors (Lipinski definition) is 7. The molecule has 0 bridgehead atoms. The van der Waals surface area contributed by atoms with Crippen LogP contribution in [0.5, 0.6) is 0 Å². The number of carbonyl (C=O) groups excluding carboxylic acids is 3. The van der Waals surface area contributed by atoms with Crippen LogP contribution in [-0.4, -0.2) is 214 Å². The predicted octanol–water partition coefficient (Wildman–Crippen LogP) is 5.21. The minimum absolute atomic E-state index is 0.0508. The summed E-state index contributed by atoms with van der Waals surface area (Å²) in [6, 6.07) is 21.0. The summed E-state index contributed by atoms with van der Waals surface area (Å²) in [6.07, 6.45) is 0.797. The van der Waals surface area contributed by atoms with Crippen molar-refractivity contribution in [3.8, 4) is 0 Å². The number of aliphatic hydroxyl groups excluding tert-OH is 1. The van der Waals surface area contributed by atoms with Gasteiger partial charge in [0.1, 0.15) is 0 Å². The summed E-state index contributed by atoms with van der Waals surface area (Å²) in [5, 5.41) is 19.5. The summed E-state index contributed by atoms with van der Waals surface area (Å²) < 4.78 is 96.8. The number of amides is 3. The van der Waals surface area contributed by atoms with Crippen LogP contribution in [0.1, 0.15) is 83.7 Å². The monoisotopic (exact) mass is 1390 g/mol. The molecule has 3 amide bonds. The molecule has 6 rings (SSSR count). The lowest BCUT2D eigenvalue weighted by atomic mass is 9.84. The number of hydrogen-bond acceptors (Lipinski definition) is 18. The van der Waals surface area contributed by atoms with Crippen LogP contribution < -0.4 is 31.1 Å². The number of ether oxygens (including phenoxy) is 7. The Morgan fingerprint density at radius 3 is 1.19 bits per heavy atom. The van der Waals surface area contributed by atoms with Gasteiger partial charge in [0.05, 0.1) is 109 Å². The van der Waals surface area contributed by atoms with Gasteiger partial charge in [0, 0.05) is 116 Å². The number of benzene rings is 4. The Balaban J connectivity index is 0.776. The fraction of sp³-hybridized carbons (Fsp3) is 0.565. The van der Waals surface area contributed by atoms with Crippen molar-refractivity contribution in [2.45, 2.75) is 78.8 Å². The summed E-state index contributed by atoms with van der Waals surface area (Å²) >= 11 is 25.8. The van der Waals surface area contributed by atoms with Gasteiger partial charge in [-0.2, -0.15) is 0 Å². The lowest BCUT2D eigenvalue weighted by Crippen LogP contribution is -2.44. The Hall–Kier alpha value is -4.17. The minimum atomic E-state index is -3.82. The highest BCUT2D eigenvalue weighted by molar-refractivity contribution is 7.89. The van der Waals surface area contributed by atoms with Crippen molar-refractivity contribution in [3.63, 3.8) is 0 Å². The van der Waals surface area contributed by atoms with Gasteiger partial charge in [0.15, 0.2) is 0 Å². The first-order valence-electron chi connectivity index (χ1n) is 30.4. The third kappa shape index (κ3) is 26.5. The molecular weight excluding hydrogens is 1300 g/mol. The maximum absolute atomic E-state index is 13.2. The van der Waals surface area contributed by atoms with Crippen LogP contribution in [-0.2, 0) is 80.7 Å². The summed E-state index contributed by atoms with van der Waals surface area (Å²) in [5.41, 5.74) is 11.4. The molecule has 0 spiro atoms. The zero-order chi connectivity index (χ0) is 65.7. The topological polar surface area (TPSA) is 297 Å². The van der Waals surface area contributed by atoms with Crippen molar-refractivity contribution >= 4 is 84.2 Å². The molecular formula is C62H88Cl4N8O15S2. The van der Waals surface area contributed by atoms with Crippen LogP contribution in [0, 0.1) is 0 Å². The van der Waals surface area contributed by atoms with E-state index >= 15 is 0 Å². The van der Waals surface area contributed by atoms with Gasteiger partial charge in [-0.05, 0) is 115 Å². The number of nitrogens with zero attached hydrogens (tertiary/aromatic N) is 2. The van der Waals surface area contributed by atoms with Crippen molar-refractivity contribution in [1.29, 1.82) is 0 Å². The van der Waals surface area contributed by atoms with E-state index in [2.05, 4.69) is 35.2 Å². The first-order valence-corrected chi connectivity index (χ1v) is 34.9. The molecule has 2 heterocycles. The maximum atomic E-state index is 13.2. The lowest BCUT2D eigenvalue weighted by Gasteiger charge is -2.33. The zero-order valence-corrected chi connectivity index (χ0v) is 56.4. The highest BCUT2D eigenvalue weighted by Crippen LogP contribution is 2.40. The fourth-order valence-corrected chi connectivity index (χ4v) is 13.8. The normalized spacial score (nSPS) is 15.5. The first kappa shape index (κ1) is 75.9. The molecule has 91 heavy (non-hydrogen) atoms. The van der Waals surface area contributed by atoms with Crippen LogP contribution in [0.3, 0.4) is 0 Å². The van der Waals surface area contributed by atoms with Crippen LogP contribution in [0.4, 0.5) is 0 Å². The lowest BCUT2D eigenvalue weighted by molar-refractivity contribution is -0.121. The summed E-state index contributed by atoms with van der Waals surface area (Å²) in [5.74, 6) is -1.02. The third-order valence-electron chi connectivity index (χ3n) is 15.2. The van der Waals surface area contributed by atoms with Gasteiger partial charge in [-0.15, -0.1) is 0 Å². The molecule has 2 aliphatic heterocycles. The number of carbonyl (C=O) groups is 3. The molecule has 8 N–H and O–H groups in total. The Morgan fingerprint density at radius 2 is 0.835 bits per heavy atom. The maximum Gasteiger partial charge on any atom is 0.240 e. The van der Waals surface area contributed by atoms with Gasteiger partial charge in [0.2, 0.25) is 37.8 Å². The van der Waals surface area contributed by atoms with Gasteiger partial charge in [-0.1, -0.05) is 70.7 Å². The van der Waals surface area contributed by atoms with Gasteiger partial charge in [-0.3, -0.25) is 14.4 Å². The average molecular weight is 1390 g/mol. The van der Waals surface area contributed by atoms with Crippen molar-refractivity contribution in [2.75, 3.05) is 159 Å². The second kappa shape index (κ2) is 39.6. The molecule has 23 nitrogen and oxygen atoms in total. The highest BCUT2D eigenvalue weighted by atomic mass is 35.5. The summed E-state index contributed by atoms with van der Waals surface area (Å²) in [6.45, 7) is 6.58. The molecule has 4 aromatic carbocycles. The SMILES string of the molecule is CN1Cc2c(Cl)cc(Cl)cc2[C@H](c2cccc(S(=O)(=O)NCCOCCOCCOCCNC(=O)CCC(N)(CCC(=O)NCCOCCO)CCC(=O)NCCOCCOCCOCCNS(=O)(=O)c3cccc([C@@H]4CN(C)Cc5c(Cl)cc(Cl)cc54)c3)c2)C1. The van der Waals surface area contributed by atoms with E-state index in [1.54, 1.807) is 48.5 Å². The second-order valence-electron chi connectivity index (χ2n) is 22.3. The van der Waals surface area contributed by atoms with Crippen LogP contribution in [0.15, 0.2) is 82.6 Å². The number of nitrogens with one attached hydrogen (secondary N) is 5. The third-order valence-corrected chi connectivity index (χ3v) is 19.2. The fourth-order valence-electron chi connectivity index (χ4n) is 10.5. The van der Waals surface area contributed by atoms with E-state index in [4.69, 9.17) is 90.4 Å². The van der Waals surface area contributed by atoms with E-state index in [0.717, 1.165) is 33.4 Å². The Labute approximate surface area is 555 Å². The number of aliphatic hydroxyl groups is 1. The molecule has 0 saturated heterocycles. The molecule has 0 fully saturated rings. The van der Waals surface area contributed by atoms with E-state index in [1.165, 1.54) is 0 Å². The van der Waals surface area contributed by atoms with Gasteiger partial charge < -0.3 is 69.7 Å². The van der Waals surface area contributed by atoms with Crippen LogP contribution in [0.25, 0.3) is 0 Å². The Morgan fingerprint density at radius 1 is 0.505 bits per heavy atom. The average Bonchev–Trinajstić information content (AvgIpc) is 0.859. The molecule has 506 valence electrons. The quantitative estimate of drug-likeness (QED) is 0.0280. The molecule has 0 saturated carbocycles. The van der Waals surface area contributed by atoms with Gasteiger partial charge in [0.25, 0.3) is 0 Å². The van der Waals surface area contributed by atoms with Crippen molar-refractivity contribution in [3.05, 3.63) is 126 Å². The molecule has 2 atom stereocenters. The number of halogens is 4. The number of rotatable bonds is 44. The van der Waals surface area contributed by atoms with Crippen molar-refractivity contribution in [2.24, 2.45) is 5.73 Å². The van der Waals surface area contributed by atoms with E-state index in [-0.39, 0.29) is 210 Å². The summed E-state index contributed by atoms with van der Waals surface area (Å²) in [7, 11) is -3.65. The largest absolute Gasteiger partial charge is 0.394 e. The van der Waals surface area contributed by atoms with E-state index < -0.39 is 25.6 Å². The van der Waals surface area contributed by atoms with Crippen LogP contribution in [0.2, 0.25) is 20.1 Å². The van der Waals surface area contributed by atoms with Crippen molar-refractivity contribution in [1.82, 2.24) is 35.2 Å². The molecule has 0 aliphatic carbocycles. The second-order valence-corrected chi connectivity index (χ2v) is 27.5. The molecule has 0 radical (unpaired) electrons. The number of fused-ring (bicyclic) bond motifs is 2. The number of sulfonamides is 2. The van der Waals surface area contributed by atoms with Gasteiger partial charge >= 0.3 is 0 Å². The predicted molar refractivity (Wildman–Crippen MR) is 349 cm³/mol. The number of likely N-dealkylation sites (N-methyl/N-ethyl adjacent to an activating group) is 2. The standard InChI is InChI=1S/C62H88Cl4N8O15S2/c1-73-41-53(51-37-47(63)39-57(65)55(51)43-73)45-5-3-7-49(35-45)90(79,80)71-18-24-86-29-33-88-31-27-84-22-16-69-60(77)10-13-62(67,12-9-59(76)68-15-21-83-26-20-75)14-11-61(78)70-17-23-85-28-32-89-34-30-87-25-19-72-91(81,82)50-8-4-6-46(36-50)54-42-74(2)44-56-52(54)38-48(64)40-58(56)66/h3-8,35-40,53-54,71-72,75H,9-34,41-44,67H2,1-2H3,(H,68,76)(H,69,77)(H,70,78)/t53-,54-/m0/s1. The minimum Gasteiger partial charge on any atom is -0.394 e. The Kier molecular flexibility index (Phi) is 33.0. The smallest absolute Gasteiger partial charge is 0.240 e. The first-order chi connectivity index (χ1) is 43.7. The van der Waals surface area contributed by atoms with Crippen molar-refractivity contribution < 1.29 is 69.5 Å². The van der Waals surface area contributed by atoms with E-state index in [0.29, 0.717) is 46.3 Å². The molecule has 4 aromatic rings. The molecule has 0 aromatic heterocycles.